The van der Waals surface area contributed by atoms with Crippen molar-refractivity contribution in [1.29, 1.82) is 0 Å². The minimum Gasteiger partial charge on any atom is -0.187 e. The second-order valence-electron chi connectivity index (χ2n) is 3.67. The molecule has 0 aromatic rings. The Hall–Kier alpha value is 0.01000. The van der Waals surface area contributed by atoms with Crippen molar-refractivity contribution in [2.75, 3.05) is 5.75 Å². The fourth-order valence-electron chi connectivity index (χ4n) is 0.545. The fourth-order valence-corrected chi connectivity index (χ4v) is 1.64. The fraction of sp³-hybridized carbons (Fsp3) is 0.875. The molecular formula is C8H15F3S. The molecule has 0 amide bonds. The standard InChI is InChI=1S/C8H15F3S/c1-7(2,3)12(4)6-5-8(9,10)11/h4-6H2,1-3H3. The topological polar surface area (TPSA) is 0 Å². The number of hydrogen-bond donors (Lipinski definition) is 0. The lowest BCUT2D eigenvalue weighted by Crippen LogP contribution is -2.16. The van der Waals surface area contributed by atoms with Crippen molar-refractivity contribution in [3.63, 3.8) is 0 Å². The Kier molecular flexibility index (Phi) is 3.82. The zero-order valence-electron chi connectivity index (χ0n) is 7.66. The second kappa shape index (κ2) is 3.81. The molecule has 0 saturated carbocycles. The average molecular weight is 200 g/mol. The Balaban J connectivity index is 3.90. The first kappa shape index (κ1) is 12.0. The number of hydrogen-bond acceptors (Lipinski definition) is 0. The van der Waals surface area contributed by atoms with Gasteiger partial charge in [-0.15, -0.1) is 0 Å². The van der Waals surface area contributed by atoms with Gasteiger partial charge in [0.25, 0.3) is 0 Å². The molecule has 0 radical (unpaired) electrons. The molecule has 0 spiro atoms. The van der Waals surface area contributed by atoms with Crippen molar-refractivity contribution in [3.8, 4) is 0 Å². The summed E-state index contributed by atoms with van der Waals surface area (Å²) in [5, 5.41) is 0. The maximum atomic E-state index is 11.8. The van der Waals surface area contributed by atoms with E-state index >= 15 is 0 Å². The number of rotatable bonds is 2. The minimum absolute atomic E-state index is 0.106. The molecule has 0 aliphatic rings. The van der Waals surface area contributed by atoms with Crippen LogP contribution in [0.2, 0.25) is 0 Å². The predicted octanol–water partition coefficient (Wildman–Crippen LogP) is 3.44. The van der Waals surface area contributed by atoms with Crippen molar-refractivity contribution in [1.82, 2.24) is 0 Å². The van der Waals surface area contributed by atoms with E-state index in [1.54, 1.807) is 0 Å². The van der Waals surface area contributed by atoms with Gasteiger partial charge in [0.1, 0.15) is 0 Å². The van der Waals surface area contributed by atoms with Crippen LogP contribution in [0.1, 0.15) is 27.2 Å². The molecule has 1 unspecified atom stereocenters. The number of halogens is 3. The van der Waals surface area contributed by atoms with Gasteiger partial charge >= 0.3 is 6.18 Å². The van der Waals surface area contributed by atoms with Crippen molar-refractivity contribution >= 4 is 16.4 Å². The molecule has 0 aliphatic carbocycles. The van der Waals surface area contributed by atoms with E-state index in [-0.39, 0.29) is 10.5 Å². The maximum absolute atomic E-state index is 11.8. The van der Waals surface area contributed by atoms with E-state index in [2.05, 4.69) is 5.87 Å². The molecule has 0 heterocycles. The highest BCUT2D eigenvalue weighted by Gasteiger charge is 2.28. The number of alkyl halides is 3. The first-order chi connectivity index (χ1) is 5.13. The van der Waals surface area contributed by atoms with Crippen molar-refractivity contribution in [3.05, 3.63) is 0 Å². The first-order valence-corrected chi connectivity index (χ1v) is 5.26. The van der Waals surface area contributed by atoms with Gasteiger partial charge in [0.05, 0.1) is 6.42 Å². The molecule has 0 saturated heterocycles. The summed E-state index contributed by atoms with van der Waals surface area (Å²) >= 11 is 0. The molecule has 12 heavy (non-hydrogen) atoms. The van der Waals surface area contributed by atoms with Gasteiger partial charge in [0, 0.05) is 4.75 Å². The minimum atomic E-state index is -4.03. The quantitative estimate of drug-likeness (QED) is 0.599. The van der Waals surface area contributed by atoms with E-state index in [0.717, 1.165) is 0 Å². The molecule has 0 nitrogen and oxygen atoms in total. The van der Waals surface area contributed by atoms with Crippen LogP contribution >= 0.6 is 10.5 Å². The van der Waals surface area contributed by atoms with Crippen LogP contribution in [0.4, 0.5) is 13.2 Å². The lowest BCUT2D eigenvalue weighted by Gasteiger charge is -2.23. The SMILES string of the molecule is C=S(CCC(F)(F)F)C(C)(C)C. The lowest BCUT2D eigenvalue weighted by atomic mass is 10.3. The lowest BCUT2D eigenvalue weighted by molar-refractivity contribution is -0.129. The monoisotopic (exact) mass is 200 g/mol. The van der Waals surface area contributed by atoms with Crippen LogP contribution in [-0.4, -0.2) is 22.5 Å². The molecule has 74 valence electrons. The van der Waals surface area contributed by atoms with Crippen molar-refractivity contribution in [2.24, 2.45) is 0 Å². The van der Waals surface area contributed by atoms with E-state index in [9.17, 15) is 13.2 Å². The molecule has 0 rings (SSSR count). The van der Waals surface area contributed by atoms with Crippen molar-refractivity contribution in [2.45, 2.75) is 38.1 Å². The largest absolute Gasteiger partial charge is 0.389 e. The third-order valence-electron chi connectivity index (χ3n) is 1.50. The van der Waals surface area contributed by atoms with Crippen LogP contribution in [-0.2, 0) is 0 Å². The normalized spacial score (nSPS) is 16.2. The molecule has 0 N–H and O–H groups in total. The molecule has 4 heteroatoms. The van der Waals surface area contributed by atoms with Gasteiger partial charge in [-0.05, 0) is 5.75 Å². The summed E-state index contributed by atoms with van der Waals surface area (Å²) in [6, 6.07) is 0. The summed E-state index contributed by atoms with van der Waals surface area (Å²) in [4.78, 5) is 0. The van der Waals surface area contributed by atoms with Gasteiger partial charge in [-0.2, -0.15) is 23.7 Å². The predicted molar refractivity (Wildman–Crippen MR) is 50.0 cm³/mol. The summed E-state index contributed by atoms with van der Waals surface area (Å²) in [7, 11) is -0.404. The molecule has 0 aromatic heterocycles. The zero-order chi connectivity index (χ0) is 9.99. The summed E-state index contributed by atoms with van der Waals surface area (Å²) in [6.07, 6.45) is -4.74. The highest BCUT2D eigenvalue weighted by Crippen LogP contribution is 2.33. The molecule has 1 atom stereocenters. The molecule has 0 bridgehead atoms. The molecular weight excluding hydrogens is 185 g/mol. The van der Waals surface area contributed by atoms with Gasteiger partial charge in [-0.25, -0.2) is 0 Å². The van der Waals surface area contributed by atoms with E-state index < -0.39 is 23.1 Å². The maximum Gasteiger partial charge on any atom is 0.389 e. The third kappa shape index (κ3) is 5.63. The van der Waals surface area contributed by atoms with Crippen LogP contribution < -0.4 is 0 Å². The average Bonchev–Trinajstić information content (AvgIpc) is 1.78. The van der Waals surface area contributed by atoms with E-state index in [1.807, 2.05) is 20.8 Å². The third-order valence-corrected chi connectivity index (χ3v) is 3.93. The Labute approximate surface area is 74.1 Å². The van der Waals surface area contributed by atoms with Gasteiger partial charge < -0.3 is 0 Å². The first-order valence-electron chi connectivity index (χ1n) is 3.70. The van der Waals surface area contributed by atoms with Crippen LogP contribution in [0, 0.1) is 0 Å². The highest BCUT2D eigenvalue weighted by atomic mass is 32.2. The summed E-state index contributed by atoms with van der Waals surface area (Å²) < 4.78 is 35.2. The van der Waals surface area contributed by atoms with Crippen LogP contribution in [0.25, 0.3) is 0 Å². The van der Waals surface area contributed by atoms with Gasteiger partial charge in [-0.1, -0.05) is 26.6 Å². The Morgan fingerprint density at radius 1 is 1.17 bits per heavy atom. The smallest absolute Gasteiger partial charge is 0.187 e. The van der Waals surface area contributed by atoms with E-state index in [0.29, 0.717) is 0 Å². The second-order valence-corrected chi connectivity index (χ2v) is 6.29. The Morgan fingerprint density at radius 2 is 1.58 bits per heavy atom. The van der Waals surface area contributed by atoms with Crippen LogP contribution in [0.5, 0.6) is 0 Å². The van der Waals surface area contributed by atoms with Crippen LogP contribution in [0.15, 0.2) is 0 Å². The van der Waals surface area contributed by atoms with Gasteiger partial charge in [0.2, 0.25) is 0 Å². The van der Waals surface area contributed by atoms with Crippen LogP contribution in [0.3, 0.4) is 0 Å². The molecule has 0 aromatic carbocycles. The van der Waals surface area contributed by atoms with E-state index in [1.165, 1.54) is 0 Å². The zero-order valence-corrected chi connectivity index (χ0v) is 8.48. The molecule has 0 aliphatic heterocycles. The summed E-state index contributed by atoms with van der Waals surface area (Å²) in [6.45, 7) is 5.75. The molecule has 0 fully saturated rings. The summed E-state index contributed by atoms with van der Waals surface area (Å²) in [5.74, 6) is 3.89. The van der Waals surface area contributed by atoms with Gasteiger partial charge in [-0.3, -0.25) is 0 Å². The van der Waals surface area contributed by atoms with Crippen molar-refractivity contribution < 1.29 is 13.2 Å². The van der Waals surface area contributed by atoms with E-state index in [4.69, 9.17) is 0 Å². The van der Waals surface area contributed by atoms with Gasteiger partial charge in [0.15, 0.2) is 0 Å². The summed E-state index contributed by atoms with van der Waals surface area (Å²) in [5.41, 5.74) is 0. The Bertz CT molecular complexity index is 164. The Morgan fingerprint density at radius 3 is 1.83 bits per heavy atom. The highest BCUT2D eigenvalue weighted by molar-refractivity contribution is 8.15.